The van der Waals surface area contributed by atoms with Crippen LogP contribution in [0.2, 0.25) is 5.02 Å². The van der Waals surface area contributed by atoms with Gasteiger partial charge in [-0.1, -0.05) is 61.8 Å². The Bertz CT molecular complexity index is 759. The molecule has 24 heavy (non-hydrogen) atoms. The third-order valence-electron chi connectivity index (χ3n) is 3.63. The second kappa shape index (κ2) is 8.10. The topological polar surface area (TPSA) is 46.2 Å². The lowest BCUT2D eigenvalue weighted by molar-refractivity contribution is 0.471. The highest BCUT2D eigenvalue weighted by atomic mass is 35.5. The Morgan fingerprint density at radius 1 is 1.08 bits per heavy atom. The molecule has 3 nitrogen and oxygen atoms in total. The lowest BCUT2D eigenvalue weighted by atomic mass is 9.98. The first-order valence-electron chi connectivity index (χ1n) is 7.76. The summed E-state index contributed by atoms with van der Waals surface area (Å²) in [7, 11) is -3.75. The molecule has 1 unspecified atom stereocenters. The van der Waals surface area contributed by atoms with E-state index in [0.717, 1.165) is 5.56 Å². The van der Waals surface area contributed by atoms with E-state index in [-0.39, 0.29) is 16.6 Å². The van der Waals surface area contributed by atoms with E-state index >= 15 is 0 Å². The fraction of sp³-hybridized carbons (Fsp3) is 0.333. The summed E-state index contributed by atoms with van der Waals surface area (Å²) in [6, 6.07) is 13.2. The van der Waals surface area contributed by atoms with Crippen LogP contribution < -0.4 is 4.72 Å². The van der Waals surface area contributed by atoms with E-state index in [1.54, 1.807) is 0 Å². The Hall–Kier alpha value is -1.43. The van der Waals surface area contributed by atoms with Crippen molar-refractivity contribution in [2.75, 3.05) is 0 Å². The molecule has 0 heterocycles. The van der Waals surface area contributed by atoms with Gasteiger partial charge in [0.1, 0.15) is 5.82 Å². The van der Waals surface area contributed by atoms with Crippen molar-refractivity contribution < 1.29 is 12.8 Å². The van der Waals surface area contributed by atoms with E-state index in [2.05, 4.69) is 4.72 Å². The van der Waals surface area contributed by atoms with Crippen molar-refractivity contribution in [3.63, 3.8) is 0 Å². The van der Waals surface area contributed by atoms with Gasteiger partial charge < -0.3 is 0 Å². The number of rotatable bonds is 7. The maximum atomic E-state index is 13.9. The van der Waals surface area contributed by atoms with Crippen molar-refractivity contribution in [3.05, 3.63) is 70.5 Å². The van der Waals surface area contributed by atoms with Crippen LogP contribution in [0.15, 0.2) is 48.5 Å². The number of hydrogen-bond donors (Lipinski definition) is 1. The van der Waals surface area contributed by atoms with Crippen LogP contribution >= 0.6 is 11.6 Å². The van der Waals surface area contributed by atoms with Crippen molar-refractivity contribution in [2.24, 2.45) is 5.92 Å². The van der Waals surface area contributed by atoms with Crippen molar-refractivity contribution in [1.82, 2.24) is 4.72 Å². The zero-order chi connectivity index (χ0) is 17.7. The molecule has 2 rings (SSSR count). The fourth-order valence-corrected chi connectivity index (χ4v) is 4.26. The Morgan fingerprint density at radius 2 is 1.75 bits per heavy atom. The van der Waals surface area contributed by atoms with E-state index in [1.165, 1.54) is 18.2 Å². The highest BCUT2D eigenvalue weighted by Gasteiger charge is 2.23. The average Bonchev–Trinajstić information content (AvgIpc) is 2.51. The molecule has 2 aromatic carbocycles. The Kier molecular flexibility index (Phi) is 6.38. The molecule has 0 bridgehead atoms. The van der Waals surface area contributed by atoms with Crippen LogP contribution in [-0.2, 0) is 15.8 Å². The molecule has 130 valence electrons. The van der Waals surface area contributed by atoms with Gasteiger partial charge in [-0.05, 0) is 30.0 Å². The molecule has 0 spiro atoms. The molecule has 0 aliphatic carbocycles. The normalized spacial score (nSPS) is 13.2. The molecule has 0 fully saturated rings. The molecule has 0 aliphatic heterocycles. The van der Waals surface area contributed by atoms with E-state index < -0.39 is 21.6 Å². The van der Waals surface area contributed by atoms with Crippen LogP contribution in [0.4, 0.5) is 4.39 Å². The van der Waals surface area contributed by atoms with Gasteiger partial charge in [0.25, 0.3) is 0 Å². The average molecular weight is 370 g/mol. The molecule has 2 aromatic rings. The first-order valence-corrected chi connectivity index (χ1v) is 9.79. The summed E-state index contributed by atoms with van der Waals surface area (Å²) in [5.41, 5.74) is 0.873. The van der Waals surface area contributed by atoms with Gasteiger partial charge >= 0.3 is 0 Å². The minimum Gasteiger partial charge on any atom is -0.212 e. The predicted octanol–water partition coefficient (Wildman–Crippen LogP) is 4.69. The van der Waals surface area contributed by atoms with Crippen molar-refractivity contribution in [2.45, 2.75) is 32.1 Å². The summed E-state index contributed by atoms with van der Waals surface area (Å²) >= 11 is 5.94. The standard InChI is InChI=1S/C18H21ClFNO2S/c1-13(2)11-18(14-7-4-3-5-8-14)21-24(22,23)12-15-16(19)9-6-10-17(15)20/h3-10,13,18,21H,11-12H2,1-2H3. The van der Waals surface area contributed by atoms with Crippen molar-refractivity contribution in [1.29, 1.82) is 0 Å². The second-order valence-electron chi connectivity index (χ2n) is 6.17. The first kappa shape index (κ1) is 18.9. The van der Waals surface area contributed by atoms with Crippen LogP contribution in [-0.4, -0.2) is 8.42 Å². The number of hydrogen-bond acceptors (Lipinski definition) is 2. The molecular formula is C18H21ClFNO2S. The van der Waals surface area contributed by atoms with Gasteiger partial charge in [0, 0.05) is 16.6 Å². The van der Waals surface area contributed by atoms with E-state index in [9.17, 15) is 12.8 Å². The van der Waals surface area contributed by atoms with Crippen molar-refractivity contribution in [3.8, 4) is 0 Å². The van der Waals surface area contributed by atoms with Gasteiger partial charge in [-0.2, -0.15) is 0 Å². The molecule has 0 aromatic heterocycles. The summed E-state index contributed by atoms with van der Waals surface area (Å²) in [5.74, 6) is -0.803. The molecule has 1 atom stereocenters. The number of nitrogens with one attached hydrogen (secondary N) is 1. The summed E-state index contributed by atoms with van der Waals surface area (Å²) in [4.78, 5) is 0. The number of halogens is 2. The second-order valence-corrected chi connectivity index (χ2v) is 8.33. The zero-order valence-electron chi connectivity index (χ0n) is 13.7. The maximum absolute atomic E-state index is 13.9. The third kappa shape index (κ3) is 5.30. The molecule has 1 N–H and O–H groups in total. The van der Waals surface area contributed by atoms with Gasteiger partial charge in [-0.3, -0.25) is 0 Å². The van der Waals surface area contributed by atoms with Gasteiger partial charge in [-0.25, -0.2) is 17.5 Å². The van der Waals surface area contributed by atoms with E-state index in [1.807, 2.05) is 44.2 Å². The molecule has 0 saturated heterocycles. The first-order chi connectivity index (χ1) is 11.3. The van der Waals surface area contributed by atoms with Crippen LogP contribution in [0.1, 0.15) is 37.4 Å². The van der Waals surface area contributed by atoms with Gasteiger partial charge in [0.05, 0.1) is 5.75 Å². The highest BCUT2D eigenvalue weighted by molar-refractivity contribution is 7.88. The summed E-state index contributed by atoms with van der Waals surface area (Å²) in [5, 5.41) is 0.112. The maximum Gasteiger partial charge on any atom is 0.216 e. The molecule has 0 radical (unpaired) electrons. The fourth-order valence-electron chi connectivity index (χ4n) is 2.53. The Labute approximate surface area is 147 Å². The highest BCUT2D eigenvalue weighted by Crippen LogP contribution is 2.25. The molecular weight excluding hydrogens is 349 g/mol. The molecule has 0 aliphatic rings. The van der Waals surface area contributed by atoms with E-state index in [0.29, 0.717) is 12.3 Å². The monoisotopic (exact) mass is 369 g/mol. The van der Waals surface area contributed by atoms with Gasteiger partial charge in [0.15, 0.2) is 0 Å². The molecule has 0 amide bonds. The van der Waals surface area contributed by atoms with E-state index in [4.69, 9.17) is 11.6 Å². The predicted molar refractivity (Wildman–Crippen MR) is 95.8 cm³/mol. The lowest BCUT2D eigenvalue weighted by Crippen LogP contribution is -2.31. The quantitative estimate of drug-likeness (QED) is 0.769. The molecule has 6 heteroatoms. The Balaban J connectivity index is 2.24. The zero-order valence-corrected chi connectivity index (χ0v) is 15.2. The van der Waals surface area contributed by atoms with Gasteiger partial charge in [-0.15, -0.1) is 0 Å². The van der Waals surface area contributed by atoms with Crippen LogP contribution in [0, 0.1) is 11.7 Å². The minimum atomic E-state index is -3.75. The number of benzene rings is 2. The van der Waals surface area contributed by atoms with Crippen LogP contribution in [0.3, 0.4) is 0 Å². The molecule has 0 saturated carbocycles. The van der Waals surface area contributed by atoms with Gasteiger partial charge in [0.2, 0.25) is 10.0 Å². The summed E-state index contributed by atoms with van der Waals surface area (Å²) < 4.78 is 41.6. The smallest absolute Gasteiger partial charge is 0.212 e. The van der Waals surface area contributed by atoms with Crippen LogP contribution in [0.5, 0.6) is 0 Å². The minimum absolute atomic E-state index is 0.0111. The number of sulfonamides is 1. The summed E-state index contributed by atoms with van der Waals surface area (Å²) in [6.45, 7) is 4.05. The van der Waals surface area contributed by atoms with Crippen molar-refractivity contribution >= 4 is 21.6 Å². The Morgan fingerprint density at radius 3 is 2.33 bits per heavy atom. The third-order valence-corrected chi connectivity index (χ3v) is 5.29. The lowest BCUT2D eigenvalue weighted by Gasteiger charge is -2.21. The SMILES string of the molecule is CC(C)CC(NS(=O)(=O)Cc1c(F)cccc1Cl)c1ccccc1. The van der Waals surface area contributed by atoms with Crippen LogP contribution in [0.25, 0.3) is 0 Å². The largest absolute Gasteiger partial charge is 0.216 e. The summed E-state index contributed by atoms with van der Waals surface area (Å²) in [6.07, 6.45) is 0.647.